The molecule has 1 aliphatic heterocycles. The third-order valence-electron chi connectivity index (χ3n) is 4.82. The second kappa shape index (κ2) is 4.87. The van der Waals surface area contributed by atoms with Crippen LogP contribution in [0.3, 0.4) is 0 Å². The Labute approximate surface area is 99.4 Å². The minimum absolute atomic E-state index is 0.273. The van der Waals surface area contributed by atoms with Gasteiger partial charge in [0.1, 0.15) is 5.78 Å². The SMILES string of the molecule is CCC1(C)CCN(C2CCCCC2=O)CC1. The highest BCUT2D eigenvalue weighted by molar-refractivity contribution is 5.84. The Morgan fingerprint density at radius 1 is 1.31 bits per heavy atom. The zero-order valence-corrected chi connectivity index (χ0v) is 10.8. The van der Waals surface area contributed by atoms with Crippen LogP contribution in [0.2, 0.25) is 0 Å². The number of piperidine rings is 1. The van der Waals surface area contributed by atoms with Gasteiger partial charge in [-0.2, -0.15) is 0 Å². The van der Waals surface area contributed by atoms with Crippen LogP contribution in [-0.2, 0) is 4.79 Å². The van der Waals surface area contributed by atoms with Gasteiger partial charge in [0.25, 0.3) is 0 Å². The van der Waals surface area contributed by atoms with E-state index in [0.717, 1.165) is 32.4 Å². The molecule has 0 spiro atoms. The zero-order valence-electron chi connectivity index (χ0n) is 10.8. The van der Waals surface area contributed by atoms with Crippen LogP contribution in [0, 0.1) is 5.41 Å². The van der Waals surface area contributed by atoms with E-state index in [1.165, 1.54) is 25.7 Å². The van der Waals surface area contributed by atoms with Crippen molar-refractivity contribution >= 4 is 5.78 Å². The summed E-state index contributed by atoms with van der Waals surface area (Å²) in [5.41, 5.74) is 0.536. The maximum atomic E-state index is 11.9. The summed E-state index contributed by atoms with van der Waals surface area (Å²) in [6.45, 7) is 6.97. The average molecular weight is 223 g/mol. The van der Waals surface area contributed by atoms with E-state index >= 15 is 0 Å². The number of ketones is 1. The Balaban J connectivity index is 1.90. The molecule has 1 atom stereocenters. The molecule has 1 heterocycles. The minimum atomic E-state index is 0.273. The normalized spacial score (nSPS) is 31.6. The molecule has 16 heavy (non-hydrogen) atoms. The quantitative estimate of drug-likeness (QED) is 0.717. The first-order valence-corrected chi connectivity index (χ1v) is 6.91. The van der Waals surface area contributed by atoms with Gasteiger partial charge < -0.3 is 0 Å². The number of carbonyl (C=O) groups is 1. The van der Waals surface area contributed by atoms with Crippen molar-refractivity contribution in [2.75, 3.05) is 13.1 Å². The van der Waals surface area contributed by atoms with Gasteiger partial charge in [0, 0.05) is 6.42 Å². The molecule has 92 valence electrons. The first-order chi connectivity index (χ1) is 7.64. The van der Waals surface area contributed by atoms with Crippen molar-refractivity contribution in [3.63, 3.8) is 0 Å². The molecule has 0 N–H and O–H groups in total. The van der Waals surface area contributed by atoms with E-state index < -0.39 is 0 Å². The van der Waals surface area contributed by atoms with Gasteiger partial charge in [-0.1, -0.05) is 26.7 Å². The molecule has 2 fully saturated rings. The van der Waals surface area contributed by atoms with Crippen LogP contribution in [0.1, 0.15) is 58.8 Å². The van der Waals surface area contributed by atoms with Gasteiger partial charge in [0.2, 0.25) is 0 Å². The second-order valence-corrected chi connectivity index (χ2v) is 5.93. The van der Waals surface area contributed by atoms with Crippen LogP contribution < -0.4 is 0 Å². The van der Waals surface area contributed by atoms with Gasteiger partial charge in [0.15, 0.2) is 0 Å². The fraction of sp³-hybridized carbons (Fsp3) is 0.929. The maximum absolute atomic E-state index is 11.9. The average Bonchev–Trinajstić information content (AvgIpc) is 2.31. The van der Waals surface area contributed by atoms with Crippen molar-refractivity contribution in [1.29, 1.82) is 0 Å². The molecule has 1 saturated heterocycles. The molecule has 1 saturated carbocycles. The molecule has 2 heteroatoms. The lowest BCUT2D eigenvalue weighted by Crippen LogP contribution is -2.48. The van der Waals surface area contributed by atoms with Crippen LogP contribution >= 0.6 is 0 Å². The van der Waals surface area contributed by atoms with Crippen LogP contribution in [0.4, 0.5) is 0 Å². The van der Waals surface area contributed by atoms with Crippen molar-refractivity contribution in [3.05, 3.63) is 0 Å². The van der Waals surface area contributed by atoms with Gasteiger partial charge in [-0.25, -0.2) is 0 Å². The van der Waals surface area contributed by atoms with E-state index in [0.29, 0.717) is 11.2 Å². The molecule has 1 unspecified atom stereocenters. The fourth-order valence-electron chi connectivity index (χ4n) is 3.08. The number of hydrogen-bond acceptors (Lipinski definition) is 2. The van der Waals surface area contributed by atoms with Crippen molar-refractivity contribution in [3.8, 4) is 0 Å². The monoisotopic (exact) mass is 223 g/mol. The van der Waals surface area contributed by atoms with E-state index in [9.17, 15) is 4.79 Å². The molecule has 0 amide bonds. The molecule has 2 aliphatic rings. The zero-order chi connectivity index (χ0) is 11.6. The Bertz CT molecular complexity index is 253. The van der Waals surface area contributed by atoms with E-state index in [1.807, 2.05) is 0 Å². The fourth-order valence-corrected chi connectivity index (χ4v) is 3.08. The van der Waals surface area contributed by atoms with Crippen molar-refractivity contribution in [2.24, 2.45) is 5.41 Å². The lowest BCUT2D eigenvalue weighted by atomic mass is 9.77. The van der Waals surface area contributed by atoms with Gasteiger partial charge in [-0.05, 0) is 44.2 Å². The summed E-state index contributed by atoms with van der Waals surface area (Å²) < 4.78 is 0. The predicted octanol–water partition coefficient (Wildman–Crippen LogP) is 3.01. The van der Waals surface area contributed by atoms with Crippen LogP contribution in [-0.4, -0.2) is 29.8 Å². The van der Waals surface area contributed by atoms with Crippen LogP contribution in [0.25, 0.3) is 0 Å². The molecular weight excluding hydrogens is 198 g/mol. The number of Topliss-reactive ketones (excluding diaryl/α,β-unsaturated/α-hetero) is 1. The molecular formula is C14H25NO. The largest absolute Gasteiger partial charge is 0.298 e. The third-order valence-corrected chi connectivity index (χ3v) is 4.82. The molecule has 0 aromatic rings. The van der Waals surface area contributed by atoms with E-state index in [1.54, 1.807) is 0 Å². The van der Waals surface area contributed by atoms with E-state index in [2.05, 4.69) is 18.7 Å². The molecule has 0 aromatic carbocycles. The summed E-state index contributed by atoms with van der Waals surface area (Å²) >= 11 is 0. The van der Waals surface area contributed by atoms with Crippen molar-refractivity contribution in [2.45, 2.75) is 64.8 Å². The topological polar surface area (TPSA) is 20.3 Å². The highest BCUT2D eigenvalue weighted by Crippen LogP contribution is 2.35. The van der Waals surface area contributed by atoms with Gasteiger partial charge in [-0.3, -0.25) is 9.69 Å². The summed E-state index contributed by atoms with van der Waals surface area (Å²) in [7, 11) is 0. The molecule has 0 radical (unpaired) electrons. The summed E-state index contributed by atoms with van der Waals surface area (Å²) in [6, 6.07) is 0.273. The first-order valence-electron chi connectivity index (χ1n) is 6.91. The summed E-state index contributed by atoms with van der Waals surface area (Å²) in [4.78, 5) is 14.3. The van der Waals surface area contributed by atoms with E-state index in [-0.39, 0.29) is 6.04 Å². The molecule has 1 aliphatic carbocycles. The van der Waals surface area contributed by atoms with Gasteiger partial charge in [0.05, 0.1) is 6.04 Å². The predicted molar refractivity (Wildman–Crippen MR) is 66.5 cm³/mol. The number of rotatable bonds is 2. The molecule has 2 nitrogen and oxygen atoms in total. The molecule has 0 aromatic heterocycles. The molecule has 0 bridgehead atoms. The Morgan fingerprint density at radius 2 is 2.00 bits per heavy atom. The number of likely N-dealkylation sites (tertiary alicyclic amines) is 1. The van der Waals surface area contributed by atoms with Crippen molar-refractivity contribution in [1.82, 2.24) is 4.90 Å². The summed E-state index contributed by atoms with van der Waals surface area (Å²) in [5.74, 6) is 0.506. The lowest BCUT2D eigenvalue weighted by molar-refractivity contribution is -0.127. The van der Waals surface area contributed by atoms with Crippen LogP contribution in [0.5, 0.6) is 0 Å². The second-order valence-electron chi connectivity index (χ2n) is 5.93. The van der Waals surface area contributed by atoms with Crippen LogP contribution in [0.15, 0.2) is 0 Å². The number of nitrogens with zero attached hydrogens (tertiary/aromatic N) is 1. The number of hydrogen-bond donors (Lipinski definition) is 0. The van der Waals surface area contributed by atoms with E-state index in [4.69, 9.17) is 0 Å². The molecule has 2 rings (SSSR count). The van der Waals surface area contributed by atoms with Gasteiger partial charge in [-0.15, -0.1) is 0 Å². The summed E-state index contributed by atoms with van der Waals surface area (Å²) in [5, 5.41) is 0. The standard InChI is InChI=1S/C14H25NO/c1-3-14(2)8-10-15(11-9-14)12-6-4-5-7-13(12)16/h12H,3-11H2,1-2H3. The van der Waals surface area contributed by atoms with Gasteiger partial charge >= 0.3 is 0 Å². The number of carbonyl (C=O) groups excluding carboxylic acids is 1. The Kier molecular flexibility index (Phi) is 3.68. The first kappa shape index (κ1) is 12.1. The highest BCUT2D eigenvalue weighted by atomic mass is 16.1. The lowest BCUT2D eigenvalue weighted by Gasteiger charge is -2.42. The summed E-state index contributed by atoms with van der Waals surface area (Å²) in [6.07, 6.45) is 8.13. The smallest absolute Gasteiger partial charge is 0.149 e. The van der Waals surface area contributed by atoms with Crippen molar-refractivity contribution < 1.29 is 4.79 Å². The highest BCUT2D eigenvalue weighted by Gasteiger charge is 2.34. The Morgan fingerprint density at radius 3 is 2.56 bits per heavy atom. The Hall–Kier alpha value is -0.370. The maximum Gasteiger partial charge on any atom is 0.149 e. The third kappa shape index (κ3) is 2.48. The minimum Gasteiger partial charge on any atom is -0.298 e.